The van der Waals surface area contributed by atoms with Crippen LogP contribution in [0.15, 0.2) is 18.2 Å². The first-order valence-electron chi connectivity index (χ1n) is 6.04. The Hall–Kier alpha value is -1.93. The van der Waals surface area contributed by atoms with E-state index in [4.69, 9.17) is 10.4 Å². The Morgan fingerprint density at radius 3 is 2.68 bits per heavy atom. The summed E-state index contributed by atoms with van der Waals surface area (Å²) >= 11 is 0. The number of carboxylic acids is 1. The molecule has 0 heterocycles. The van der Waals surface area contributed by atoms with Crippen LogP contribution in [0.3, 0.4) is 0 Å². The third-order valence-corrected chi connectivity index (χ3v) is 2.48. The molecule has 0 fully saturated rings. The van der Waals surface area contributed by atoms with Crippen molar-refractivity contribution in [3.63, 3.8) is 0 Å². The molecule has 0 amide bonds. The van der Waals surface area contributed by atoms with Gasteiger partial charge in [-0.1, -0.05) is 13.8 Å². The minimum atomic E-state index is -0.919. The quantitative estimate of drug-likeness (QED) is 0.855. The molecule has 5 heteroatoms. The van der Waals surface area contributed by atoms with Crippen molar-refractivity contribution < 1.29 is 14.3 Å². The molecule has 1 aromatic carbocycles. The van der Waals surface area contributed by atoms with Crippen molar-refractivity contribution in [1.29, 1.82) is 5.26 Å². The lowest BCUT2D eigenvalue weighted by Crippen LogP contribution is -2.32. The van der Waals surface area contributed by atoms with Crippen LogP contribution in [-0.4, -0.2) is 29.1 Å². The first-order chi connectivity index (χ1) is 8.90. The van der Waals surface area contributed by atoms with E-state index in [2.05, 4.69) is 0 Å². The predicted molar refractivity (Wildman–Crippen MR) is 68.9 cm³/mol. The van der Waals surface area contributed by atoms with Crippen molar-refractivity contribution in [3.8, 4) is 6.07 Å². The van der Waals surface area contributed by atoms with Gasteiger partial charge in [0.2, 0.25) is 0 Å². The lowest BCUT2D eigenvalue weighted by molar-refractivity contribution is -0.138. The number of halogens is 1. The highest BCUT2D eigenvalue weighted by atomic mass is 19.1. The second kappa shape index (κ2) is 6.86. The lowest BCUT2D eigenvalue weighted by atomic mass is 10.1. The van der Waals surface area contributed by atoms with Crippen molar-refractivity contribution >= 4 is 5.97 Å². The largest absolute Gasteiger partial charge is 0.480 e. The van der Waals surface area contributed by atoms with Crippen molar-refractivity contribution in [2.45, 2.75) is 20.4 Å². The zero-order valence-electron chi connectivity index (χ0n) is 11.1. The number of nitriles is 1. The van der Waals surface area contributed by atoms with Crippen LogP contribution in [0.4, 0.5) is 4.39 Å². The highest BCUT2D eigenvalue weighted by Crippen LogP contribution is 2.12. The van der Waals surface area contributed by atoms with Gasteiger partial charge in [-0.3, -0.25) is 9.69 Å². The summed E-state index contributed by atoms with van der Waals surface area (Å²) in [6.07, 6.45) is 0. The molecular weight excluding hydrogens is 247 g/mol. The number of carbonyl (C=O) groups is 1. The Morgan fingerprint density at radius 1 is 1.47 bits per heavy atom. The summed E-state index contributed by atoms with van der Waals surface area (Å²) in [5.74, 6) is -1.09. The van der Waals surface area contributed by atoms with Gasteiger partial charge < -0.3 is 5.11 Å². The lowest BCUT2D eigenvalue weighted by Gasteiger charge is -2.22. The minimum absolute atomic E-state index is 0.101. The maximum absolute atomic E-state index is 13.3. The number of hydrogen-bond donors (Lipinski definition) is 1. The van der Waals surface area contributed by atoms with Gasteiger partial charge in [0.05, 0.1) is 18.2 Å². The summed E-state index contributed by atoms with van der Waals surface area (Å²) in [5, 5.41) is 17.6. The summed E-state index contributed by atoms with van der Waals surface area (Å²) in [5.41, 5.74) is 0.855. The van der Waals surface area contributed by atoms with E-state index in [9.17, 15) is 9.18 Å². The summed E-state index contributed by atoms with van der Waals surface area (Å²) in [4.78, 5) is 12.5. The SMILES string of the molecule is CC(C)CN(CC(=O)O)Cc1cc(F)cc(C#N)c1. The minimum Gasteiger partial charge on any atom is -0.480 e. The summed E-state index contributed by atoms with van der Waals surface area (Å²) < 4.78 is 13.3. The molecule has 0 bridgehead atoms. The van der Waals surface area contributed by atoms with Gasteiger partial charge in [-0.05, 0) is 29.7 Å². The molecular formula is C14H17FN2O2. The zero-order chi connectivity index (χ0) is 14.4. The monoisotopic (exact) mass is 264 g/mol. The fraction of sp³-hybridized carbons (Fsp3) is 0.429. The molecule has 0 saturated carbocycles. The van der Waals surface area contributed by atoms with Gasteiger partial charge in [0.1, 0.15) is 5.82 Å². The summed E-state index contributed by atoms with van der Waals surface area (Å²) in [6.45, 7) is 4.79. The molecule has 102 valence electrons. The van der Waals surface area contributed by atoms with Crippen LogP contribution in [0.2, 0.25) is 0 Å². The Labute approximate surface area is 112 Å². The van der Waals surface area contributed by atoms with Crippen LogP contribution in [0, 0.1) is 23.1 Å². The maximum Gasteiger partial charge on any atom is 0.317 e. The van der Waals surface area contributed by atoms with Crippen LogP contribution in [0.1, 0.15) is 25.0 Å². The molecule has 0 aliphatic rings. The fourth-order valence-electron chi connectivity index (χ4n) is 1.96. The predicted octanol–water partition coefficient (Wildman–Crippen LogP) is 2.24. The molecule has 1 rings (SSSR count). The third-order valence-electron chi connectivity index (χ3n) is 2.48. The number of benzene rings is 1. The Bertz CT molecular complexity index is 495. The average Bonchev–Trinajstić information content (AvgIpc) is 2.26. The molecule has 0 radical (unpaired) electrons. The van der Waals surface area contributed by atoms with Gasteiger partial charge in [0.15, 0.2) is 0 Å². The van der Waals surface area contributed by atoms with Crippen LogP contribution < -0.4 is 0 Å². The van der Waals surface area contributed by atoms with E-state index in [0.29, 0.717) is 24.6 Å². The molecule has 1 aromatic rings. The van der Waals surface area contributed by atoms with E-state index in [1.165, 1.54) is 6.07 Å². The normalized spacial score (nSPS) is 10.7. The van der Waals surface area contributed by atoms with Crippen molar-refractivity contribution in [1.82, 2.24) is 4.90 Å². The zero-order valence-corrected chi connectivity index (χ0v) is 11.1. The van der Waals surface area contributed by atoms with E-state index in [-0.39, 0.29) is 12.1 Å². The van der Waals surface area contributed by atoms with Crippen molar-refractivity contribution in [2.75, 3.05) is 13.1 Å². The van der Waals surface area contributed by atoms with Gasteiger partial charge in [-0.25, -0.2) is 4.39 Å². The molecule has 1 N–H and O–H groups in total. The molecule has 4 nitrogen and oxygen atoms in total. The van der Waals surface area contributed by atoms with E-state index >= 15 is 0 Å². The molecule has 19 heavy (non-hydrogen) atoms. The molecule has 0 spiro atoms. The molecule has 0 aliphatic heterocycles. The van der Waals surface area contributed by atoms with Crippen LogP contribution >= 0.6 is 0 Å². The van der Waals surface area contributed by atoms with Crippen molar-refractivity contribution in [2.24, 2.45) is 5.92 Å². The molecule has 0 saturated heterocycles. The highest BCUT2D eigenvalue weighted by Gasteiger charge is 2.13. The second-order valence-corrected chi connectivity index (χ2v) is 4.92. The van der Waals surface area contributed by atoms with E-state index in [0.717, 1.165) is 6.07 Å². The van der Waals surface area contributed by atoms with E-state index < -0.39 is 11.8 Å². The first kappa shape index (κ1) is 15.1. The number of carboxylic acid groups (broad SMARTS) is 1. The summed E-state index contributed by atoms with van der Waals surface area (Å²) in [6, 6.07) is 5.96. The van der Waals surface area contributed by atoms with Crippen LogP contribution in [0.25, 0.3) is 0 Å². The van der Waals surface area contributed by atoms with Gasteiger partial charge in [-0.2, -0.15) is 5.26 Å². The van der Waals surface area contributed by atoms with Gasteiger partial charge in [0.25, 0.3) is 0 Å². The summed E-state index contributed by atoms with van der Waals surface area (Å²) in [7, 11) is 0. The van der Waals surface area contributed by atoms with Crippen LogP contribution in [0.5, 0.6) is 0 Å². The fourth-order valence-corrected chi connectivity index (χ4v) is 1.96. The van der Waals surface area contributed by atoms with Gasteiger partial charge in [0, 0.05) is 13.1 Å². The Kier molecular flexibility index (Phi) is 5.46. The smallest absolute Gasteiger partial charge is 0.317 e. The number of aliphatic carboxylic acids is 1. The average molecular weight is 264 g/mol. The van der Waals surface area contributed by atoms with Gasteiger partial charge >= 0.3 is 5.97 Å². The Morgan fingerprint density at radius 2 is 2.16 bits per heavy atom. The van der Waals surface area contributed by atoms with Crippen LogP contribution in [-0.2, 0) is 11.3 Å². The van der Waals surface area contributed by atoms with Gasteiger partial charge in [-0.15, -0.1) is 0 Å². The second-order valence-electron chi connectivity index (χ2n) is 4.92. The number of hydrogen-bond acceptors (Lipinski definition) is 3. The Balaban J connectivity index is 2.86. The number of nitrogens with zero attached hydrogens (tertiary/aromatic N) is 2. The van der Waals surface area contributed by atoms with Crippen molar-refractivity contribution in [3.05, 3.63) is 35.1 Å². The molecule has 0 aliphatic carbocycles. The third kappa shape index (κ3) is 5.49. The molecule has 0 unspecified atom stereocenters. The van der Waals surface area contributed by atoms with E-state index in [1.807, 2.05) is 19.9 Å². The van der Waals surface area contributed by atoms with E-state index in [1.54, 1.807) is 11.0 Å². The molecule has 0 aromatic heterocycles. The first-order valence-corrected chi connectivity index (χ1v) is 6.04. The number of rotatable bonds is 6. The highest BCUT2D eigenvalue weighted by molar-refractivity contribution is 5.69. The topological polar surface area (TPSA) is 64.3 Å². The maximum atomic E-state index is 13.3. The molecule has 0 atom stereocenters. The standard InChI is InChI=1S/C14H17FN2O2/c1-10(2)7-17(9-14(18)19)8-12-3-11(6-16)4-13(15)5-12/h3-5,10H,7-9H2,1-2H3,(H,18,19).